The summed E-state index contributed by atoms with van der Waals surface area (Å²) >= 11 is 0. The number of carbonyl (C=O) groups is 1. The van der Waals surface area contributed by atoms with Crippen molar-refractivity contribution in [2.24, 2.45) is 7.05 Å². The number of imidazole rings is 1. The molecule has 6 nitrogen and oxygen atoms in total. The third-order valence-electron chi connectivity index (χ3n) is 4.90. The minimum absolute atomic E-state index is 0.400. The largest absolute Gasteiger partial charge is 0.296 e. The first-order valence-electron chi connectivity index (χ1n) is 8.52. The van der Waals surface area contributed by atoms with Gasteiger partial charge in [-0.25, -0.2) is 4.98 Å². The third kappa shape index (κ3) is 2.61. The molecule has 0 fully saturated rings. The molecule has 0 atom stereocenters. The van der Waals surface area contributed by atoms with E-state index in [1.807, 2.05) is 54.4 Å². The van der Waals surface area contributed by atoms with E-state index in [9.17, 15) is 4.79 Å². The van der Waals surface area contributed by atoms with E-state index in [0.29, 0.717) is 17.1 Å². The summed E-state index contributed by atoms with van der Waals surface area (Å²) in [7, 11) is 1.92. The Labute approximate surface area is 156 Å². The fourth-order valence-corrected chi connectivity index (χ4v) is 3.28. The van der Waals surface area contributed by atoms with Gasteiger partial charge in [0.25, 0.3) is 0 Å². The molecule has 27 heavy (non-hydrogen) atoms. The van der Waals surface area contributed by atoms with Crippen molar-refractivity contribution in [2.75, 3.05) is 0 Å². The number of benzene rings is 2. The average Bonchev–Trinajstić information content (AvgIpc) is 3.18. The Hall–Kier alpha value is -3.72. The fourth-order valence-electron chi connectivity index (χ4n) is 3.28. The van der Waals surface area contributed by atoms with Gasteiger partial charge in [-0.05, 0) is 56.3 Å². The lowest BCUT2D eigenvalue weighted by Crippen LogP contribution is -2.00. The zero-order valence-electron chi connectivity index (χ0n) is 15.3. The van der Waals surface area contributed by atoms with Gasteiger partial charge in [-0.1, -0.05) is 0 Å². The lowest BCUT2D eigenvalue weighted by Gasteiger charge is -2.11. The Bertz CT molecular complexity index is 1220. The van der Waals surface area contributed by atoms with Gasteiger partial charge in [0, 0.05) is 29.4 Å². The first-order chi connectivity index (χ1) is 13.0. The maximum Gasteiger partial charge on any atom is 0.170 e. The predicted octanol–water partition coefficient (Wildman–Crippen LogP) is 3.73. The molecule has 4 aromatic rings. The molecule has 4 rings (SSSR count). The molecule has 2 aromatic carbocycles. The predicted molar refractivity (Wildman–Crippen MR) is 103 cm³/mol. The van der Waals surface area contributed by atoms with Crippen LogP contribution in [-0.4, -0.2) is 25.6 Å². The molecule has 0 aliphatic rings. The summed E-state index contributed by atoms with van der Waals surface area (Å²) in [6, 6.07) is 15.3. The SMILES string of the molecule is Cc1c2cc(-n3c(-c4ccc(C#N)cc4)nc(C=O)c3C)ccc2nn1C. The lowest BCUT2D eigenvalue weighted by molar-refractivity contribution is 0.111. The van der Waals surface area contributed by atoms with Crippen molar-refractivity contribution in [2.45, 2.75) is 13.8 Å². The van der Waals surface area contributed by atoms with Gasteiger partial charge in [0.1, 0.15) is 11.5 Å². The van der Waals surface area contributed by atoms with Gasteiger partial charge in [0.05, 0.1) is 22.8 Å². The van der Waals surface area contributed by atoms with Crippen molar-refractivity contribution < 1.29 is 4.79 Å². The maximum absolute atomic E-state index is 11.5. The second kappa shape index (κ2) is 6.22. The number of nitriles is 1. The van der Waals surface area contributed by atoms with Gasteiger partial charge in [0.15, 0.2) is 6.29 Å². The zero-order valence-corrected chi connectivity index (χ0v) is 15.3. The highest BCUT2D eigenvalue weighted by molar-refractivity contribution is 5.84. The van der Waals surface area contributed by atoms with Crippen molar-refractivity contribution in [3.05, 3.63) is 65.1 Å². The van der Waals surface area contributed by atoms with Crippen LogP contribution in [0.5, 0.6) is 0 Å². The number of aryl methyl sites for hydroxylation is 2. The Morgan fingerprint density at radius 2 is 1.81 bits per heavy atom. The summed E-state index contributed by atoms with van der Waals surface area (Å²) in [6.45, 7) is 3.91. The molecular formula is C21H17N5O. The van der Waals surface area contributed by atoms with Crippen LogP contribution in [0.1, 0.15) is 27.4 Å². The number of rotatable bonds is 3. The van der Waals surface area contributed by atoms with E-state index in [1.54, 1.807) is 12.1 Å². The van der Waals surface area contributed by atoms with Crippen molar-refractivity contribution in [3.8, 4) is 23.1 Å². The highest BCUT2D eigenvalue weighted by Crippen LogP contribution is 2.28. The normalized spacial score (nSPS) is 10.9. The van der Waals surface area contributed by atoms with Crippen molar-refractivity contribution in [3.63, 3.8) is 0 Å². The number of hydrogen-bond donors (Lipinski definition) is 0. The van der Waals surface area contributed by atoms with Gasteiger partial charge >= 0.3 is 0 Å². The van der Waals surface area contributed by atoms with Crippen LogP contribution in [0.25, 0.3) is 28.0 Å². The lowest BCUT2D eigenvalue weighted by atomic mass is 10.1. The topological polar surface area (TPSA) is 76.5 Å². The van der Waals surface area contributed by atoms with Crippen LogP contribution in [0.15, 0.2) is 42.5 Å². The Morgan fingerprint density at radius 3 is 2.48 bits per heavy atom. The van der Waals surface area contributed by atoms with E-state index in [4.69, 9.17) is 5.26 Å². The summed E-state index contributed by atoms with van der Waals surface area (Å²) in [4.78, 5) is 16.0. The molecular weight excluding hydrogens is 338 g/mol. The molecule has 0 N–H and O–H groups in total. The highest BCUT2D eigenvalue weighted by Gasteiger charge is 2.17. The maximum atomic E-state index is 11.5. The quantitative estimate of drug-likeness (QED) is 0.525. The molecule has 0 aliphatic heterocycles. The van der Waals surface area contributed by atoms with Crippen LogP contribution >= 0.6 is 0 Å². The number of aromatic nitrogens is 4. The van der Waals surface area contributed by atoms with Crippen molar-refractivity contribution >= 4 is 17.2 Å². The van der Waals surface area contributed by atoms with E-state index in [2.05, 4.69) is 22.2 Å². The van der Waals surface area contributed by atoms with Crippen LogP contribution < -0.4 is 0 Å². The van der Waals surface area contributed by atoms with Crippen LogP contribution in [0, 0.1) is 25.2 Å². The molecule has 0 aliphatic carbocycles. The van der Waals surface area contributed by atoms with Crippen LogP contribution in [0.3, 0.4) is 0 Å². The third-order valence-corrected chi connectivity index (χ3v) is 4.90. The van der Waals surface area contributed by atoms with E-state index >= 15 is 0 Å². The Morgan fingerprint density at radius 1 is 1.07 bits per heavy atom. The van der Waals surface area contributed by atoms with Crippen molar-refractivity contribution in [1.29, 1.82) is 5.26 Å². The highest BCUT2D eigenvalue weighted by atomic mass is 16.1. The van der Waals surface area contributed by atoms with E-state index in [1.165, 1.54) is 0 Å². The molecule has 0 unspecified atom stereocenters. The molecule has 0 saturated carbocycles. The molecule has 0 spiro atoms. The Kier molecular flexibility index (Phi) is 3.85. The van der Waals surface area contributed by atoms with E-state index in [0.717, 1.165) is 39.8 Å². The number of aldehydes is 1. The van der Waals surface area contributed by atoms with Gasteiger partial charge in [0.2, 0.25) is 0 Å². The summed E-state index contributed by atoms with van der Waals surface area (Å²) < 4.78 is 3.82. The zero-order chi connectivity index (χ0) is 19.1. The Balaban J connectivity index is 1.96. The first-order valence-corrected chi connectivity index (χ1v) is 8.52. The summed E-state index contributed by atoms with van der Waals surface area (Å²) in [6.07, 6.45) is 0.771. The molecule has 0 saturated heterocycles. The van der Waals surface area contributed by atoms with Crippen LogP contribution in [0.4, 0.5) is 0 Å². The molecule has 132 valence electrons. The van der Waals surface area contributed by atoms with Crippen molar-refractivity contribution in [1.82, 2.24) is 19.3 Å². The molecule has 0 radical (unpaired) electrons. The molecule has 2 aromatic heterocycles. The van der Waals surface area contributed by atoms with Gasteiger partial charge in [-0.15, -0.1) is 0 Å². The summed E-state index contributed by atoms with van der Waals surface area (Å²) in [5.41, 5.74) is 5.50. The molecule has 0 amide bonds. The smallest absolute Gasteiger partial charge is 0.170 e. The standard InChI is InChI=1S/C21H17N5O/c1-13-18-10-17(8-9-19(18)24-25(13)3)26-14(2)20(12-27)23-21(26)16-6-4-15(11-22)5-7-16/h4-10,12H,1-3H3. The number of carbonyl (C=O) groups excluding carboxylic acids is 1. The van der Waals surface area contributed by atoms with E-state index < -0.39 is 0 Å². The number of hydrogen-bond acceptors (Lipinski definition) is 4. The average molecular weight is 355 g/mol. The van der Waals surface area contributed by atoms with Gasteiger partial charge < -0.3 is 0 Å². The minimum atomic E-state index is 0.400. The minimum Gasteiger partial charge on any atom is -0.296 e. The monoisotopic (exact) mass is 355 g/mol. The molecule has 0 bridgehead atoms. The first kappa shape index (κ1) is 16.7. The molecule has 2 heterocycles. The number of nitrogens with zero attached hydrogens (tertiary/aromatic N) is 5. The van der Waals surface area contributed by atoms with Gasteiger partial charge in [-0.2, -0.15) is 10.4 Å². The second-order valence-electron chi connectivity index (χ2n) is 6.46. The number of fused-ring (bicyclic) bond motifs is 1. The molecule has 6 heteroatoms. The van der Waals surface area contributed by atoms with Crippen LogP contribution in [0.2, 0.25) is 0 Å². The second-order valence-corrected chi connectivity index (χ2v) is 6.46. The summed E-state index contributed by atoms with van der Waals surface area (Å²) in [5, 5.41) is 14.6. The fraction of sp³-hybridized carbons (Fsp3) is 0.143. The van der Waals surface area contributed by atoms with Gasteiger partial charge in [-0.3, -0.25) is 14.0 Å². The van der Waals surface area contributed by atoms with E-state index in [-0.39, 0.29) is 0 Å². The van der Waals surface area contributed by atoms with Crippen LogP contribution in [-0.2, 0) is 7.05 Å². The summed E-state index contributed by atoms with van der Waals surface area (Å²) in [5.74, 6) is 0.667.